The smallest absolute Gasteiger partial charge is 0.264 e. The van der Waals surface area contributed by atoms with Crippen molar-refractivity contribution in [2.75, 3.05) is 32.1 Å². The molecule has 0 unspecified atom stereocenters. The summed E-state index contributed by atoms with van der Waals surface area (Å²) in [7, 11) is 1.84. The minimum Gasteiger partial charge on any atom is -0.373 e. The fraction of sp³-hybridized carbons (Fsp3) is 0.263. The van der Waals surface area contributed by atoms with Crippen molar-refractivity contribution in [2.24, 2.45) is 0 Å². The van der Waals surface area contributed by atoms with Crippen LogP contribution < -0.4 is 5.32 Å². The number of benzene rings is 1. The van der Waals surface area contributed by atoms with Crippen molar-refractivity contribution in [1.82, 2.24) is 9.88 Å². The monoisotopic (exact) mass is 353 g/mol. The third kappa shape index (κ3) is 3.23. The third-order valence-electron chi connectivity index (χ3n) is 4.35. The molecule has 5 nitrogen and oxygen atoms in total. The van der Waals surface area contributed by atoms with Gasteiger partial charge in [0.05, 0.1) is 23.7 Å². The van der Waals surface area contributed by atoms with Gasteiger partial charge < -0.3 is 15.0 Å². The first-order chi connectivity index (χ1) is 12.2. The summed E-state index contributed by atoms with van der Waals surface area (Å²) in [5.41, 5.74) is 0.848. The Bertz CT molecular complexity index is 875. The van der Waals surface area contributed by atoms with Gasteiger partial charge in [-0.05, 0) is 29.7 Å². The zero-order chi connectivity index (χ0) is 17.2. The summed E-state index contributed by atoms with van der Waals surface area (Å²) < 4.78 is 7.00. The average molecular weight is 353 g/mol. The first-order valence-electron chi connectivity index (χ1n) is 8.29. The molecule has 1 atom stereocenters. The number of rotatable bonds is 3. The van der Waals surface area contributed by atoms with Crippen LogP contribution in [0.25, 0.3) is 10.1 Å². The van der Waals surface area contributed by atoms with Crippen LogP contribution in [0.2, 0.25) is 0 Å². The standard InChI is InChI=1S/C19H19N3O2S/c1-20-18-8-4-6-14(21-18)15-12-22(9-10-24-15)19(23)17-11-13-5-2-3-7-16(13)25-17/h2-8,11,15H,9-10,12H2,1H3,(H,20,21)/t15-/m0/s1. The molecule has 3 heterocycles. The average Bonchev–Trinajstić information content (AvgIpc) is 3.12. The van der Waals surface area contributed by atoms with Crippen molar-refractivity contribution < 1.29 is 9.53 Å². The molecule has 0 spiro atoms. The predicted molar refractivity (Wildman–Crippen MR) is 100 cm³/mol. The maximum atomic E-state index is 12.9. The van der Waals surface area contributed by atoms with E-state index in [1.54, 1.807) is 11.3 Å². The van der Waals surface area contributed by atoms with Crippen molar-refractivity contribution in [2.45, 2.75) is 6.10 Å². The van der Waals surface area contributed by atoms with Crippen molar-refractivity contribution in [3.05, 3.63) is 59.1 Å². The Balaban J connectivity index is 1.54. The molecule has 1 aliphatic heterocycles. The van der Waals surface area contributed by atoms with Gasteiger partial charge in [-0.15, -0.1) is 11.3 Å². The van der Waals surface area contributed by atoms with E-state index in [2.05, 4.69) is 10.3 Å². The quantitative estimate of drug-likeness (QED) is 0.782. The Morgan fingerprint density at radius 2 is 2.16 bits per heavy atom. The molecule has 0 radical (unpaired) electrons. The lowest BCUT2D eigenvalue weighted by Gasteiger charge is -2.32. The molecule has 1 fully saturated rings. The molecule has 3 aromatic rings. The number of hydrogen-bond donors (Lipinski definition) is 1. The normalized spacial score (nSPS) is 17.6. The zero-order valence-electron chi connectivity index (χ0n) is 13.9. The number of nitrogens with zero attached hydrogens (tertiary/aromatic N) is 2. The summed E-state index contributed by atoms with van der Waals surface area (Å²) in [6.07, 6.45) is -0.194. The topological polar surface area (TPSA) is 54.5 Å². The molecule has 1 aliphatic rings. The number of carbonyl (C=O) groups is 1. The van der Waals surface area contributed by atoms with Gasteiger partial charge >= 0.3 is 0 Å². The Kier molecular flexibility index (Phi) is 4.38. The van der Waals surface area contributed by atoms with E-state index >= 15 is 0 Å². The van der Waals surface area contributed by atoms with Gasteiger partial charge in [0.1, 0.15) is 11.9 Å². The number of thiophene rings is 1. The predicted octanol–water partition coefficient (Wildman–Crippen LogP) is 3.55. The lowest BCUT2D eigenvalue weighted by Crippen LogP contribution is -2.42. The van der Waals surface area contributed by atoms with E-state index in [0.29, 0.717) is 19.7 Å². The minimum atomic E-state index is -0.194. The molecule has 0 aliphatic carbocycles. The molecule has 25 heavy (non-hydrogen) atoms. The molecular weight excluding hydrogens is 334 g/mol. The molecule has 1 N–H and O–H groups in total. The van der Waals surface area contributed by atoms with Gasteiger partial charge in [0.2, 0.25) is 0 Å². The van der Waals surface area contributed by atoms with Gasteiger partial charge in [0.15, 0.2) is 0 Å². The molecule has 1 saturated heterocycles. The Morgan fingerprint density at radius 3 is 3.00 bits per heavy atom. The number of aromatic nitrogens is 1. The number of amides is 1. The maximum Gasteiger partial charge on any atom is 0.264 e. The second-order valence-electron chi connectivity index (χ2n) is 5.96. The van der Waals surface area contributed by atoms with Crippen molar-refractivity contribution >= 4 is 33.1 Å². The maximum absolute atomic E-state index is 12.9. The molecule has 0 saturated carbocycles. The van der Waals surface area contributed by atoms with Gasteiger partial charge in [-0.1, -0.05) is 24.3 Å². The molecule has 4 rings (SSSR count). The summed E-state index contributed by atoms with van der Waals surface area (Å²) in [5, 5.41) is 4.15. The lowest BCUT2D eigenvalue weighted by molar-refractivity contribution is -0.0245. The lowest BCUT2D eigenvalue weighted by atomic mass is 10.1. The Hall–Kier alpha value is -2.44. The van der Waals surface area contributed by atoms with Crippen LogP contribution in [0.15, 0.2) is 48.5 Å². The van der Waals surface area contributed by atoms with Crippen LogP contribution >= 0.6 is 11.3 Å². The highest BCUT2D eigenvalue weighted by Gasteiger charge is 2.28. The summed E-state index contributed by atoms with van der Waals surface area (Å²) in [6, 6.07) is 15.9. The summed E-state index contributed by atoms with van der Waals surface area (Å²) >= 11 is 1.54. The number of hydrogen-bond acceptors (Lipinski definition) is 5. The van der Waals surface area contributed by atoms with Crippen molar-refractivity contribution in [3.8, 4) is 0 Å². The zero-order valence-corrected chi connectivity index (χ0v) is 14.8. The summed E-state index contributed by atoms with van der Waals surface area (Å²) in [6.45, 7) is 1.65. The van der Waals surface area contributed by atoms with Crippen LogP contribution in [0.3, 0.4) is 0 Å². The Labute approximate surface area is 150 Å². The van der Waals surface area contributed by atoms with Crippen LogP contribution in [0, 0.1) is 0 Å². The number of pyridine rings is 1. The highest BCUT2D eigenvalue weighted by atomic mass is 32.1. The van der Waals surface area contributed by atoms with Gasteiger partial charge in [-0.3, -0.25) is 4.79 Å². The summed E-state index contributed by atoms with van der Waals surface area (Å²) in [4.78, 5) is 20.1. The van der Waals surface area contributed by atoms with Gasteiger partial charge in [-0.2, -0.15) is 0 Å². The van der Waals surface area contributed by atoms with E-state index in [1.807, 2.05) is 60.5 Å². The third-order valence-corrected chi connectivity index (χ3v) is 5.45. The number of nitrogens with one attached hydrogen (secondary N) is 1. The van der Waals surface area contributed by atoms with Crippen molar-refractivity contribution in [1.29, 1.82) is 0 Å². The number of carbonyl (C=O) groups excluding carboxylic acids is 1. The van der Waals surface area contributed by atoms with Crippen LogP contribution in [0.4, 0.5) is 5.82 Å². The number of morpholine rings is 1. The molecule has 1 aromatic carbocycles. The number of fused-ring (bicyclic) bond motifs is 1. The molecule has 6 heteroatoms. The molecule has 128 valence electrons. The number of anilines is 1. The molecule has 2 aromatic heterocycles. The highest BCUT2D eigenvalue weighted by molar-refractivity contribution is 7.20. The second kappa shape index (κ2) is 6.82. The largest absolute Gasteiger partial charge is 0.373 e. The second-order valence-corrected chi connectivity index (χ2v) is 7.04. The van der Waals surface area contributed by atoms with Gasteiger partial charge in [0, 0.05) is 18.3 Å². The van der Waals surface area contributed by atoms with Crippen LogP contribution in [-0.2, 0) is 4.74 Å². The van der Waals surface area contributed by atoms with E-state index in [9.17, 15) is 4.79 Å². The van der Waals surface area contributed by atoms with Crippen LogP contribution in [-0.4, -0.2) is 42.5 Å². The molecule has 0 bridgehead atoms. The van der Waals surface area contributed by atoms with E-state index in [4.69, 9.17) is 4.74 Å². The van der Waals surface area contributed by atoms with E-state index in [1.165, 1.54) is 0 Å². The fourth-order valence-electron chi connectivity index (χ4n) is 3.03. The number of ether oxygens (including phenoxy) is 1. The van der Waals surface area contributed by atoms with E-state index in [-0.39, 0.29) is 12.0 Å². The summed E-state index contributed by atoms with van der Waals surface area (Å²) in [5.74, 6) is 0.869. The van der Waals surface area contributed by atoms with Gasteiger partial charge in [-0.25, -0.2) is 4.98 Å². The van der Waals surface area contributed by atoms with Gasteiger partial charge in [0.25, 0.3) is 5.91 Å². The Morgan fingerprint density at radius 1 is 1.28 bits per heavy atom. The van der Waals surface area contributed by atoms with Crippen LogP contribution in [0.1, 0.15) is 21.5 Å². The highest BCUT2D eigenvalue weighted by Crippen LogP contribution is 2.28. The van der Waals surface area contributed by atoms with E-state index in [0.717, 1.165) is 26.5 Å². The molecule has 1 amide bonds. The first-order valence-corrected chi connectivity index (χ1v) is 9.10. The minimum absolute atomic E-state index is 0.0688. The van der Waals surface area contributed by atoms with Crippen LogP contribution in [0.5, 0.6) is 0 Å². The van der Waals surface area contributed by atoms with E-state index < -0.39 is 0 Å². The molecular formula is C19H19N3O2S. The SMILES string of the molecule is CNc1cccc([C@@H]2CN(C(=O)c3cc4ccccc4s3)CCO2)n1. The van der Waals surface area contributed by atoms with Crippen molar-refractivity contribution in [3.63, 3.8) is 0 Å². The first kappa shape index (κ1) is 16.1. The fourth-order valence-corrected chi connectivity index (χ4v) is 4.06.